The second-order valence-electron chi connectivity index (χ2n) is 2.70. The molecule has 1 N–H and O–H groups in total. The predicted molar refractivity (Wildman–Crippen MR) is 53.8 cm³/mol. The fourth-order valence-corrected chi connectivity index (χ4v) is 1.52. The van der Waals surface area contributed by atoms with Crippen molar-refractivity contribution in [1.29, 1.82) is 5.26 Å². The number of hydrogen-bond donors (Lipinski definition) is 1. The smallest absolute Gasteiger partial charge is 0.105 e. The maximum absolute atomic E-state index is 8.85. The van der Waals surface area contributed by atoms with Crippen molar-refractivity contribution < 1.29 is 0 Å². The number of benzene rings is 1. The van der Waals surface area contributed by atoms with Crippen molar-refractivity contribution in [2.24, 2.45) is 0 Å². The molecule has 0 radical (unpaired) electrons. The molecule has 1 heterocycles. The molecule has 1 aromatic carbocycles. The van der Waals surface area contributed by atoms with Gasteiger partial charge in [-0.15, -0.1) is 0 Å². The molecule has 0 aliphatic heterocycles. The summed E-state index contributed by atoms with van der Waals surface area (Å²) in [5.41, 5.74) is 1.53. The van der Waals surface area contributed by atoms with E-state index in [9.17, 15) is 0 Å². The number of nitrogens with one attached hydrogen (secondary N) is 1. The molecule has 0 atom stereocenters. The largest absolute Gasteiger partial charge is 0.346 e. The third-order valence-corrected chi connectivity index (χ3v) is 2.09. The summed E-state index contributed by atoms with van der Waals surface area (Å²) in [7, 11) is 0. The van der Waals surface area contributed by atoms with E-state index < -0.39 is 0 Å². The monoisotopic (exact) mass is 186 g/mol. The lowest BCUT2D eigenvalue weighted by atomic mass is 10.1. The van der Waals surface area contributed by atoms with E-state index in [1.165, 1.54) is 0 Å². The normalized spacial score (nSPS) is 9.77. The maximum Gasteiger partial charge on any atom is 0.105 e. The van der Waals surface area contributed by atoms with Crippen molar-refractivity contribution in [3.8, 4) is 6.07 Å². The highest BCUT2D eigenvalue weighted by atomic mass is 32.1. The van der Waals surface area contributed by atoms with Crippen LogP contribution in [0, 0.1) is 16.0 Å². The van der Waals surface area contributed by atoms with Gasteiger partial charge in [0.2, 0.25) is 0 Å². The molecule has 0 saturated carbocycles. The van der Waals surface area contributed by atoms with Crippen molar-refractivity contribution >= 4 is 23.1 Å². The number of rotatable bonds is 0. The van der Waals surface area contributed by atoms with Gasteiger partial charge in [-0.2, -0.15) is 5.26 Å². The van der Waals surface area contributed by atoms with Gasteiger partial charge in [0.25, 0.3) is 0 Å². The summed E-state index contributed by atoms with van der Waals surface area (Å²) in [4.78, 5) is 3.03. The average Bonchev–Trinajstić information content (AvgIpc) is 2.16. The first-order chi connectivity index (χ1) is 6.31. The average molecular weight is 186 g/mol. The fraction of sp³-hybridized carbons (Fsp3) is 0. The number of H-pyrrole nitrogens is 1. The minimum absolute atomic E-state index is 0.593. The number of aromatic amines is 1. The van der Waals surface area contributed by atoms with Crippen LogP contribution >= 0.6 is 12.2 Å². The van der Waals surface area contributed by atoms with Crippen LogP contribution in [-0.4, -0.2) is 4.98 Å². The van der Waals surface area contributed by atoms with E-state index in [1.54, 1.807) is 6.07 Å². The number of pyridine rings is 1. The van der Waals surface area contributed by atoms with E-state index >= 15 is 0 Å². The second-order valence-corrected chi connectivity index (χ2v) is 3.14. The molecule has 2 rings (SSSR count). The predicted octanol–water partition coefficient (Wildman–Crippen LogP) is 2.77. The molecule has 0 fully saturated rings. The molecular formula is C10H6N2S. The molecule has 0 unspecified atom stereocenters. The molecule has 3 heteroatoms. The van der Waals surface area contributed by atoms with Gasteiger partial charge in [-0.05, 0) is 12.1 Å². The minimum Gasteiger partial charge on any atom is -0.346 e. The van der Waals surface area contributed by atoms with Gasteiger partial charge >= 0.3 is 0 Å². The summed E-state index contributed by atoms with van der Waals surface area (Å²) in [6, 6.07) is 11.4. The molecule has 0 amide bonds. The minimum atomic E-state index is 0.593. The highest BCUT2D eigenvalue weighted by Gasteiger charge is 1.98. The second kappa shape index (κ2) is 3.00. The highest BCUT2D eigenvalue weighted by Crippen LogP contribution is 2.15. The molecule has 0 saturated heterocycles. The third kappa shape index (κ3) is 1.32. The molecule has 1 aromatic heterocycles. The Morgan fingerprint density at radius 2 is 2.08 bits per heavy atom. The molecule has 13 heavy (non-hydrogen) atoms. The van der Waals surface area contributed by atoms with E-state index in [-0.39, 0.29) is 0 Å². The third-order valence-electron chi connectivity index (χ3n) is 1.87. The number of para-hydroxylation sites is 1. The van der Waals surface area contributed by atoms with Gasteiger partial charge in [0, 0.05) is 10.9 Å². The molecule has 2 nitrogen and oxygen atoms in total. The lowest BCUT2D eigenvalue weighted by molar-refractivity contribution is 1.36. The van der Waals surface area contributed by atoms with Crippen LogP contribution in [0.1, 0.15) is 5.56 Å². The Kier molecular flexibility index (Phi) is 1.84. The van der Waals surface area contributed by atoms with Gasteiger partial charge in [0.15, 0.2) is 0 Å². The molecule has 62 valence electrons. The SMILES string of the molecule is N#Cc1cc(=S)[nH]c2ccccc12. The Balaban J connectivity index is 3.00. The number of aromatic nitrogens is 1. The van der Waals surface area contributed by atoms with Crippen LogP contribution in [0.5, 0.6) is 0 Å². The molecule has 0 aliphatic carbocycles. The lowest BCUT2D eigenvalue weighted by Gasteiger charge is -1.98. The van der Waals surface area contributed by atoms with Gasteiger partial charge in [0.1, 0.15) is 4.64 Å². The number of hydrogen-bond acceptors (Lipinski definition) is 2. The van der Waals surface area contributed by atoms with Crippen molar-refractivity contribution in [2.75, 3.05) is 0 Å². The van der Waals surface area contributed by atoms with Gasteiger partial charge in [-0.1, -0.05) is 30.4 Å². The summed E-state index contributed by atoms with van der Waals surface area (Å²) in [6.45, 7) is 0. The Morgan fingerprint density at radius 3 is 2.85 bits per heavy atom. The molecule has 0 spiro atoms. The zero-order valence-corrected chi connectivity index (χ0v) is 7.56. The Bertz CT molecular complexity index is 549. The quantitative estimate of drug-likeness (QED) is 0.642. The van der Waals surface area contributed by atoms with Crippen LogP contribution in [0.25, 0.3) is 10.9 Å². The summed E-state index contributed by atoms with van der Waals surface area (Å²) >= 11 is 4.99. The number of nitriles is 1. The van der Waals surface area contributed by atoms with E-state index in [2.05, 4.69) is 11.1 Å². The number of nitrogens with zero attached hydrogens (tertiary/aromatic N) is 1. The molecule has 0 bridgehead atoms. The van der Waals surface area contributed by atoms with Gasteiger partial charge in [-0.25, -0.2) is 0 Å². The maximum atomic E-state index is 8.85. The molecular weight excluding hydrogens is 180 g/mol. The summed E-state index contributed by atoms with van der Waals surface area (Å²) < 4.78 is 0.593. The van der Waals surface area contributed by atoms with Crippen molar-refractivity contribution in [1.82, 2.24) is 4.98 Å². The standard InChI is InChI=1S/C10H6N2S/c11-6-7-5-10(13)12-9-4-2-1-3-8(7)9/h1-5H,(H,12,13). The van der Waals surface area contributed by atoms with Gasteiger partial charge in [0.05, 0.1) is 11.6 Å². The van der Waals surface area contributed by atoms with Crippen LogP contribution in [0.2, 0.25) is 0 Å². The van der Waals surface area contributed by atoms with E-state index in [4.69, 9.17) is 17.5 Å². The van der Waals surface area contributed by atoms with E-state index in [0.717, 1.165) is 10.9 Å². The first kappa shape index (κ1) is 7.96. The number of fused-ring (bicyclic) bond motifs is 1. The van der Waals surface area contributed by atoms with Gasteiger partial charge in [-0.3, -0.25) is 0 Å². The Labute approximate surface area is 80.4 Å². The first-order valence-electron chi connectivity index (χ1n) is 3.83. The van der Waals surface area contributed by atoms with Crippen LogP contribution in [0.4, 0.5) is 0 Å². The Hall–Kier alpha value is -1.66. The zero-order chi connectivity index (χ0) is 9.26. The summed E-state index contributed by atoms with van der Waals surface area (Å²) in [5.74, 6) is 0. The van der Waals surface area contributed by atoms with Crippen molar-refractivity contribution in [2.45, 2.75) is 0 Å². The lowest BCUT2D eigenvalue weighted by Crippen LogP contribution is -1.83. The van der Waals surface area contributed by atoms with Gasteiger partial charge < -0.3 is 4.98 Å². The summed E-state index contributed by atoms with van der Waals surface area (Å²) in [6.07, 6.45) is 0. The van der Waals surface area contributed by atoms with E-state index in [1.807, 2.05) is 24.3 Å². The highest BCUT2D eigenvalue weighted by molar-refractivity contribution is 7.71. The molecule has 0 aliphatic rings. The molecule has 2 aromatic rings. The topological polar surface area (TPSA) is 39.6 Å². The first-order valence-corrected chi connectivity index (χ1v) is 4.24. The zero-order valence-electron chi connectivity index (χ0n) is 6.74. The fourth-order valence-electron chi connectivity index (χ4n) is 1.30. The van der Waals surface area contributed by atoms with E-state index in [0.29, 0.717) is 10.2 Å². The van der Waals surface area contributed by atoms with Crippen LogP contribution in [-0.2, 0) is 0 Å². The Morgan fingerprint density at radius 1 is 1.31 bits per heavy atom. The van der Waals surface area contributed by atoms with Crippen LogP contribution in [0.15, 0.2) is 30.3 Å². The van der Waals surface area contributed by atoms with Crippen molar-refractivity contribution in [3.05, 3.63) is 40.5 Å². The van der Waals surface area contributed by atoms with Crippen LogP contribution in [0.3, 0.4) is 0 Å². The van der Waals surface area contributed by atoms with Crippen LogP contribution < -0.4 is 0 Å². The van der Waals surface area contributed by atoms with Crippen molar-refractivity contribution in [3.63, 3.8) is 0 Å². The summed E-state index contributed by atoms with van der Waals surface area (Å²) in [5, 5.41) is 9.77.